The average Bonchev–Trinajstić information content (AvgIpc) is 2.42. The largest absolute Gasteiger partial charge is 0.326 e. The normalized spacial score (nSPS) is 10.9. The molecule has 0 spiro atoms. The second-order valence-corrected chi connectivity index (χ2v) is 3.22. The summed E-state index contributed by atoms with van der Waals surface area (Å²) in [4.78, 5) is 14.1. The van der Waals surface area contributed by atoms with E-state index in [2.05, 4.69) is 4.98 Å². The van der Waals surface area contributed by atoms with Gasteiger partial charge in [0.1, 0.15) is 0 Å². The number of hydrogen-bond acceptors (Lipinski definition) is 1. The molecule has 13 heavy (non-hydrogen) atoms. The van der Waals surface area contributed by atoms with Gasteiger partial charge in [-0.05, 0) is 19.1 Å². The third-order valence-electron chi connectivity index (χ3n) is 2.06. The van der Waals surface area contributed by atoms with Gasteiger partial charge in [0.15, 0.2) is 0 Å². The molecule has 0 aliphatic heterocycles. The lowest BCUT2D eigenvalue weighted by Crippen LogP contribution is -2.15. The minimum atomic E-state index is -0.106. The van der Waals surface area contributed by atoms with Crippen molar-refractivity contribution in [2.45, 2.75) is 13.5 Å². The molecule has 3 nitrogen and oxygen atoms in total. The summed E-state index contributed by atoms with van der Waals surface area (Å²) < 4.78 is 1.62. The summed E-state index contributed by atoms with van der Waals surface area (Å²) in [5.74, 6) is 0. The number of para-hydroxylation sites is 1. The molecule has 0 bridgehead atoms. The number of aryl methyl sites for hydroxylation is 1. The van der Waals surface area contributed by atoms with Crippen LogP contribution in [-0.2, 0) is 6.54 Å². The summed E-state index contributed by atoms with van der Waals surface area (Å²) in [5.41, 5.74) is 1.47. The highest BCUT2D eigenvalue weighted by Crippen LogP contribution is 2.20. The van der Waals surface area contributed by atoms with Crippen molar-refractivity contribution in [2.75, 3.05) is 0 Å². The van der Waals surface area contributed by atoms with Crippen molar-refractivity contribution in [3.8, 4) is 0 Å². The van der Waals surface area contributed by atoms with Crippen molar-refractivity contribution in [2.24, 2.45) is 0 Å². The van der Waals surface area contributed by atoms with Crippen molar-refractivity contribution in [1.82, 2.24) is 9.55 Å². The first-order valence-corrected chi connectivity index (χ1v) is 4.49. The van der Waals surface area contributed by atoms with E-state index in [0.717, 1.165) is 11.0 Å². The van der Waals surface area contributed by atoms with Crippen LogP contribution in [-0.4, -0.2) is 9.55 Å². The van der Waals surface area contributed by atoms with Gasteiger partial charge in [-0.3, -0.25) is 4.57 Å². The molecule has 0 aliphatic rings. The van der Waals surface area contributed by atoms with Crippen LogP contribution in [0.15, 0.2) is 23.0 Å². The number of fused-ring (bicyclic) bond motifs is 1. The first-order valence-electron chi connectivity index (χ1n) is 4.11. The summed E-state index contributed by atoms with van der Waals surface area (Å²) in [6, 6.07) is 5.44. The molecular weight excluding hydrogens is 188 g/mol. The highest BCUT2D eigenvalue weighted by atomic mass is 35.5. The minimum absolute atomic E-state index is 0.106. The fraction of sp³-hybridized carbons (Fsp3) is 0.222. The summed E-state index contributed by atoms with van der Waals surface area (Å²) in [6.07, 6.45) is 0. The summed E-state index contributed by atoms with van der Waals surface area (Å²) >= 11 is 5.97. The van der Waals surface area contributed by atoms with Crippen LogP contribution in [0.2, 0.25) is 5.02 Å². The number of H-pyrrole nitrogens is 1. The second kappa shape index (κ2) is 2.92. The monoisotopic (exact) mass is 196 g/mol. The number of imidazole rings is 1. The Morgan fingerprint density at radius 1 is 1.54 bits per heavy atom. The number of hydrogen-bond donors (Lipinski definition) is 1. The van der Waals surface area contributed by atoms with Gasteiger partial charge in [-0.15, -0.1) is 0 Å². The van der Waals surface area contributed by atoms with Gasteiger partial charge in [-0.2, -0.15) is 0 Å². The molecule has 1 aromatic carbocycles. The molecule has 2 rings (SSSR count). The Labute approximate surface area is 79.9 Å². The van der Waals surface area contributed by atoms with Crippen LogP contribution in [0.1, 0.15) is 6.92 Å². The molecule has 68 valence electrons. The molecule has 1 N–H and O–H groups in total. The lowest BCUT2D eigenvalue weighted by molar-refractivity contribution is 0.753. The number of rotatable bonds is 1. The van der Waals surface area contributed by atoms with Crippen LogP contribution in [0.3, 0.4) is 0 Å². The van der Waals surface area contributed by atoms with E-state index in [-0.39, 0.29) is 5.69 Å². The fourth-order valence-electron chi connectivity index (χ4n) is 1.48. The predicted octanol–water partition coefficient (Wildman–Crippen LogP) is 2.00. The topological polar surface area (TPSA) is 37.8 Å². The second-order valence-electron chi connectivity index (χ2n) is 2.81. The predicted molar refractivity (Wildman–Crippen MR) is 53.2 cm³/mol. The summed E-state index contributed by atoms with van der Waals surface area (Å²) in [5, 5.41) is 0.609. The van der Waals surface area contributed by atoms with E-state index in [9.17, 15) is 4.79 Å². The van der Waals surface area contributed by atoms with Gasteiger partial charge in [-0.1, -0.05) is 17.7 Å². The molecular formula is C9H9ClN2O. The standard InChI is InChI=1S/C9H9ClN2O/c1-2-12-8-6(10)4-3-5-7(8)11-9(12)13/h3-5H,2H2,1H3,(H,11,13). The number of nitrogens with one attached hydrogen (secondary N) is 1. The molecule has 4 heteroatoms. The number of halogens is 1. The van der Waals surface area contributed by atoms with Gasteiger partial charge >= 0.3 is 5.69 Å². The van der Waals surface area contributed by atoms with Crippen LogP contribution in [0, 0.1) is 0 Å². The Balaban J connectivity index is 2.96. The van der Waals surface area contributed by atoms with Crippen molar-refractivity contribution in [3.63, 3.8) is 0 Å². The Bertz CT molecular complexity index is 498. The molecule has 1 heterocycles. The molecule has 0 amide bonds. The van der Waals surface area contributed by atoms with E-state index >= 15 is 0 Å². The molecule has 0 radical (unpaired) electrons. The first kappa shape index (κ1) is 8.38. The zero-order valence-electron chi connectivity index (χ0n) is 7.17. The molecule has 1 aromatic heterocycles. The highest BCUT2D eigenvalue weighted by molar-refractivity contribution is 6.34. The maximum absolute atomic E-state index is 11.4. The minimum Gasteiger partial charge on any atom is -0.305 e. The van der Waals surface area contributed by atoms with Gasteiger partial charge in [0, 0.05) is 6.54 Å². The van der Waals surface area contributed by atoms with Gasteiger partial charge in [0.25, 0.3) is 0 Å². The molecule has 0 aliphatic carbocycles. The van der Waals surface area contributed by atoms with E-state index in [1.54, 1.807) is 10.6 Å². The van der Waals surface area contributed by atoms with E-state index in [1.165, 1.54) is 0 Å². The van der Waals surface area contributed by atoms with Crippen LogP contribution >= 0.6 is 11.6 Å². The zero-order chi connectivity index (χ0) is 9.42. The average molecular weight is 197 g/mol. The fourth-order valence-corrected chi connectivity index (χ4v) is 1.75. The SMILES string of the molecule is CCn1c(=O)[nH]c2cccc(Cl)c21. The van der Waals surface area contributed by atoms with Crippen LogP contribution in [0.25, 0.3) is 11.0 Å². The van der Waals surface area contributed by atoms with Crippen molar-refractivity contribution >= 4 is 22.6 Å². The van der Waals surface area contributed by atoms with Gasteiger partial charge in [0.05, 0.1) is 16.1 Å². The molecule has 0 saturated carbocycles. The molecule has 2 aromatic rings. The van der Waals surface area contributed by atoms with Gasteiger partial charge < -0.3 is 4.98 Å². The molecule has 0 saturated heterocycles. The van der Waals surface area contributed by atoms with Gasteiger partial charge in [0.2, 0.25) is 0 Å². The van der Waals surface area contributed by atoms with Gasteiger partial charge in [-0.25, -0.2) is 4.79 Å². The number of benzene rings is 1. The Hall–Kier alpha value is -1.22. The van der Waals surface area contributed by atoms with E-state index in [0.29, 0.717) is 11.6 Å². The third-order valence-corrected chi connectivity index (χ3v) is 2.36. The highest BCUT2D eigenvalue weighted by Gasteiger charge is 2.07. The van der Waals surface area contributed by atoms with Crippen molar-refractivity contribution in [1.29, 1.82) is 0 Å². The number of nitrogens with zero attached hydrogens (tertiary/aromatic N) is 1. The lowest BCUT2D eigenvalue weighted by atomic mass is 10.3. The smallest absolute Gasteiger partial charge is 0.305 e. The van der Waals surface area contributed by atoms with Crippen LogP contribution in [0.5, 0.6) is 0 Å². The number of aromatic nitrogens is 2. The quantitative estimate of drug-likeness (QED) is 0.745. The first-order chi connectivity index (χ1) is 6.24. The third kappa shape index (κ3) is 1.16. The molecule has 0 fully saturated rings. The van der Waals surface area contributed by atoms with E-state index < -0.39 is 0 Å². The zero-order valence-corrected chi connectivity index (χ0v) is 7.93. The van der Waals surface area contributed by atoms with Crippen molar-refractivity contribution < 1.29 is 0 Å². The van der Waals surface area contributed by atoms with E-state index in [1.807, 2.05) is 19.1 Å². The Morgan fingerprint density at radius 3 is 3.00 bits per heavy atom. The maximum atomic E-state index is 11.4. The summed E-state index contributed by atoms with van der Waals surface area (Å²) in [6.45, 7) is 2.54. The molecule has 0 atom stereocenters. The van der Waals surface area contributed by atoms with Crippen molar-refractivity contribution in [3.05, 3.63) is 33.7 Å². The Morgan fingerprint density at radius 2 is 2.31 bits per heavy atom. The van der Waals surface area contributed by atoms with Crippen LogP contribution in [0.4, 0.5) is 0 Å². The van der Waals surface area contributed by atoms with E-state index in [4.69, 9.17) is 11.6 Å². The van der Waals surface area contributed by atoms with Crippen LogP contribution < -0.4 is 5.69 Å². The number of aromatic amines is 1. The Kier molecular flexibility index (Phi) is 1.88. The molecule has 0 unspecified atom stereocenters. The summed E-state index contributed by atoms with van der Waals surface area (Å²) in [7, 11) is 0. The lowest BCUT2D eigenvalue weighted by Gasteiger charge is -1.98. The maximum Gasteiger partial charge on any atom is 0.326 e.